The molecule has 2 rings (SSSR count). The zero-order valence-electron chi connectivity index (χ0n) is 9.40. The Morgan fingerprint density at radius 3 is 2.76 bits per heavy atom. The Labute approximate surface area is 110 Å². The number of rotatable bonds is 3. The largest absolute Gasteiger partial charge is 0.387 e. The Kier molecular flexibility index (Phi) is 4.68. The summed E-state index contributed by atoms with van der Waals surface area (Å²) in [4.78, 5) is 2.14. The second kappa shape index (κ2) is 6.05. The van der Waals surface area contributed by atoms with E-state index in [1.807, 2.05) is 11.8 Å². The summed E-state index contributed by atoms with van der Waals surface area (Å²) >= 11 is 7.82. The van der Waals surface area contributed by atoms with Crippen molar-refractivity contribution in [2.45, 2.75) is 6.10 Å². The van der Waals surface area contributed by atoms with Gasteiger partial charge in [0.15, 0.2) is 0 Å². The average molecular weight is 276 g/mol. The molecule has 0 saturated carbocycles. The summed E-state index contributed by atoms with van der Waals surface area (Å²) in [6.45, 7) is 2.32. The number of nitrogens with zero attached hydrogens (tertiary/aromatic N) is 1. The van der Waals surface area contributed by atoms with Crippen LogP contribution in [0, 0.1) is 5.82 Å². The fourth-order valence-electron chi connectivity index (χ4n) is 1.95. The van der Waals surface area contributed by atoms with Crippen LogP contribution in [-0.4, -0.2) is 41.1 Å². The van der Waals surface area contributed by atoms with Gasteiger partial charge in [0.1, 0.15) is 5.82 Å². The average Bonchev–Trinajstić information content (AvgIpc) is 2.30. The van der Waals surface area contributed by atoms with Gasteiger partial charge in [0.05, 0.1) is 6.10 Å². The van der Waals surface area contributed by atoms with Gasteiger partial charge in [-0.15, -0.1) is 0 Å². The number of benzene rings is 1. The van der Waals surface area contributed by atoms with Crippen LogP contribution < -0.4 is 0 Å². The molecule has 1 aromatic carbocycles. The van der Waals surface area contributed by atoms with Crippen molar-refractivity contribution in [3.8, 4) is 0 Å². The Morgan fingerprint density at radius 1 is 1.41 bits per heavy atom. The van der Waals surface area contributed by atoms with E-state index in [9.17, 15) is 9.50 Å². The third kappa shape index (κ3) is 3.35. The van der Waals surface area contributed by atoms with Crippen molar-refractivity contribution in [1.82, 2.24) is 4.90 Å². The molecule has 17 heavy (non-hydrogen) atoms. The first kappa shape index (κ1) is 13.1. The molecule has 0 bridgehead atoms. The molecule has 1 aliphatic rings. The number of halogens is 2. The van der Waals surface area contributed by atoms with Crippen LogP contribution in [-0.2, 0) is 0 Å². The van der Waals surface area contributed by atoms with E-state index in [0.29, 0.717) is 11.6 Å². The van der Waals surface area contributed by atoms with E-state index in [1.165, 1.54) is 6.07 Å². The predicted octanol–water partition coefficient (Wildman–Crippen LogP) is 2.56. The molecule has 1 heterocycles. The van der Waals surface area contributed by atoms with E-state index in [2.05, 4.69) is 4.90 Å². The van der Waals surface area contributed by atoms with Gasteiger partial charge in [0.25, 0.3) is 0 Å². The van der Waals surface area contributed by atoms with Crippen LogP contribution >= 0.6 is 23.4 Å². The summed E-state index contributed by atoms with van der Waals surface area (Å²) < 4.78 is 13.6. The van der Waals surface area contributed by atoms with E-state index in [1.54, 1.807) is 12.1 Å². The van der Waals surface area contributed by atoms with Gasteiger partial charge in [-0.2, -0.15) is 11.8 Å². The monoisotopic (exact) mass is 275 g/mol. The maximum atomic E-state index is 13.6. The Balaban J connectivity index is 2.05. The zero-order chi connectivity index (χ0) is 12.3. The van der Waals surface area contributed by atoms with Gasteiger partial charge in [-0.05, 0) is 12.1 Å². The van der Waals surface area contributed by atoms with Crippen molar-refractivity contribution < 1.29 is 9.50 Å². The van der Waals surface area contributed by atoms with Crippen LogP contribution in [0.3, 0.4) is 0 Å². The summed E-state index contributed by atoms with van der Waals surface area (Å²) in [5.41, 5.74) is 0.215. The molecule has 0 radical (unpaired) electrons. The maximum Gasteiger partial charge on any atom is 0.130 e. The Bertz CT molecular complexity index is 365. The number of hydrogen-bond acceptors (Lipinski definition) is 3. The minimum absolute atomic E-state index is 0.215. The summed E-state index contributed by atoms with van der Waals surface area (Å²) in [6.07, 6.45) is -0.855. The molecule has 1 atom stereocenters. The fraction of sp³-hybridized carbons (Fsp3) is 0.500. The summed E-state index contributed by atoms with van der Waals surface area (Å²) in [7, 11) is 0. The van der Waals surface area contributed by atoms with Crippen LogP contribution in [0.25, 0.3) is 0 Å². The van der Waals surface area contributed by atoms with Crippen molar-refractivity contribution in [3.05, 3.63) is 34.6 Å². The summed E-state index contributed by atoms with van der Waals surface area (Å²) in [5.74, 6) is 1.70. The highest BCUT2D eigenvalue weighted by molar-refractivity contribution is 7.99. The van der Waals surface area contributed by atoms with Crippen molar-refractivity contribution in [3.63, 3.8) is 0 Å². The van der Waals surface area contributed by atoms with Gasteiger partial charge in [-0.3, -0.25) is 4.90 Å². The number of aliphatic hydroxyl groups excluding tert-OH is 1. The molecule has 94 valence electrons. The normalized spacial score (nSPS) is 19.2. The lowest BCUT2D eigenvalue weighted by Gasteiger charge is -2.28. The van der Waals surface area contributed by atoms with Crippen molar-refractivity contribution in [2.75, 3.05) is 31.1 Å². The van der Waals surface area contributed by atoms with E-state index in [0.717, 1.165) is 24.6 Å². The van der Waals surface area contributed by atoms with Gasteiger partial charge in [0.2, 0.25) is 0 Å². The predicted molar refractivity (Wildman–Crippen MR) is 70.1 cm³/mol. The third-order valence-corrected chi connectivity index (χ3v) is 4.14. The van der Waals surface area contributed by atoms with Crippen LogP contribution in [0.15, 0.2) is 18.2 Å². The van der Waals surface area contributed by atoms with Crippen LogP contribution in [0.2, 0.25) is 5.02 Å². The quantitative estimate of drug-likeness (QED) is 0.917. The molecule has 1 aliphatic heterocycles. The van der Waals surface area contributed by atoms with E-state index < -0.39 is 11.9 Å². The van der Waals surface area contributed by atoms with Crippen molar-refractivity contribution in [2.24, 2.45) is 0 Å². The summed E-state index contributed by atoms with van der Waals surface area (Å²) in [5, 5.41) is 10.4. The second-order valence-electron chi connectivity index (χ2n) is 4.06. The van der Waals surface area contributed by atoms with E-state index >= 15 is 0 Å². The lowest BCUT2D eigenvalue weighted by molar-refractivity contribution is 0.116. The number of β-amino-alcohol motifs (C(OH)–C–C–N with tert-alkyl or cyclic N) is 1. The smallest absolute Gasteiger partial charge is 0.130 e. The second-order valence-corrected chi connectivity index (χ2v) is 5.70. The van der Waals surface area contributed by atoms with Gasteiger partial charge in [-0.1, -0.05) is 17.7 Å². The molecule has 0 amide bonds. The Hall–Kier alpha value is -0.290. The highest BCUT2D eigenvalue weighted by Crippen LogP contribution is 2.26. The molecule has 1 saturated heterocycles. The van der Waals surface area contributed by atoms with Gasteiger partial charge >= 0.3 is 0 Å². The SMILES string of the molecule is O[C@@H](CN1CCSCC1)c1c(F)cccc1Cl. The highest BCUT2D eigenvalue weighted by atomic mass is 35.5. The molecular weight excluding hydrogens is 261 g/mol. The number of aliphatic hydroxyl groups is 1. The first-order valence-electron chi connectivity index (χ1n) is 5.60. The highest BCUT2D eigenvalue weighted by Gasteiger charge is 2.20. The topological polar surface area (TPSA) is 23.5 Å². The zero-order valence-corrected chi connectivity index (χ0v) is 11.0. The fourth-order valence-corrected chi connectivity index (χ4v) is 3.22. The molecule has 0 unspecified atom stereocenters. The lowest BCUT2D eigenvalue weighted by atomic mass is 10.1. The molecule has 5 heteroatoms. The molecule has 0 spiro atoms. The number of hydrogen-bond donors (Lipinski definition) is 1. The van der Waals surface area contributed by atoms with E-state index in [-0.39, 0.29) is 5.56 Å². The number of thioether (sulfide) groups is 1. The molecule has 1 fully saturated rings. The van der Waals surface area contributed by atoms with Crippen molar-refractivity contribution >= 4 is 23.4 Å². The minimum atomic E-state index is -0.855. The lowest BCUT2D eigenvalue weighted by Crippen LogP contribution is -2.36. The molecule has 2 nitrogen and oxygen atoms in total. The van der Waals surface area contributed by atoms with Crippen LogP contribution in [0.4, 0.5) is 4.39 Å². The van der Waals surface area contributed by atoms with Crippen LogP contribution in [0.5, 0.6) is 0 Å². The molecule has 0 aromatic heterocycles. The maximum absolute atomic E-state index is 13.6. The minimum Gasteiger partial charge on any atom is -0.387 e. The first-order chi connectivity index (χ1) is 8.18. The van der Waals surface area contributed by atoms with Gasteiger partial charge in [-0.25, -0.2) is 4.39 Å². The molecule has 1 N–H and O–H groups in total. The van der Waals surface area contributed by atoms with Crippen LogP contribution in [0.1, 0.15) is 11.7 Å². The molecule has 0 aliphatic carbocycles. The standard InChI is InChI=1S/C12H15ClFNOS/c13-9-2-1-3-10(14)12(9)11(16)8-15-4-6-17-7-5-15/h1-3,11,16H,4-8H2/t11-/m0/s1. The molecule has 1 aromatic rings. The van der Waals surface area contributed by atoms with Crippen molar-refractivity contribution in [1.29, 1.82) is 0 Å². The van der Waals surface area contributed by atoms with E-state index in [4.69, 9.17) is 11.6 Å². The third-order valence-electron chi connectivity index (χ3n) is 2.87. The first-order valence-corrected chi connectivity index (χ1v) is 7.14. The Morgan fingerprint density at radius 2 is 2.12 bits per heavy atom. The van der Waals surface area contributed by atoms with Gasteiger partial charge in [0, 0.05) is 41.7 Å². The summed E-state index contributed by atoms with van der Waals surface area (Å²) in [6, 6.07) is 4.48. The molecular formula is C12H15ClFNOS. The van der Waals surface area contributed by atoms with Gasteiger partial charge < -0.3 is 5.11 Å².